The largest absolute Gasteiger partial charge is 0.382 e. The summed E-state index contributed by atoms with van der Waals surface area (Å²) in [6.07, 6.45) is -4.79. The second-order valence-electron chi connectivity index (χ2n) is 4.69. The molecule has 1 saturated heterocycles. The molecular weight excluding hydrogens is 282 g/mol. The van der Waals surface area contributed by atoms with E-state index in [1.54, 1.807) is 0 Å². The lowest BCUT2D eigenvalue weighted by Crippen LogP contribution is -2.65. The summed E-state index contributed by atoms with van der Waals surface area (Å²) >= 11 is 0. The van der Waals surface area contributed by atoms with E-state index < -0.39 is 46.9 Å². The van der Waals surface area contributed by atoms with E-state index in [9.17, 15) is 38.5 Å². The van der Waals surface area contributed by atoms with Crippen LogP contribution in [0.3, 0.4) is 0 Å². The molecule has 0 aromatic heterocycles. The molecule has 1 rings (SSSR count). The predicted molar refractivity (Wildman–Crippen MR) is 57.8 cm³/mol. The molecule has 0 spiro atoms. The predicted octanol–water partition coefficient (Wildman–Crippen LogP) is -1.43. The van der Waals surface area contributed by atoms with Crippen molar-refractivity contribution in [2.75, 3.05) is 0 Å². The summed E-state index contributed by atoms with van der Waals surface area (Å²) in [5, 5.41) is 29.1. The molecule has 3 N–H and O–H groups in total. The van der Waals surface area contributed by atoms with Gasteiger partial charge in [0.15, 0.2) is 17.3 Å². The van der Waals surface area contributed by atoms with Crippen LogP contribution in [0.2, 0.25) is 0 Å². The van der Waals surface area contributed by atoms with E-state index in [4.69, 9.17) is 0 Å². The zero-order chi connectivity index (χ0) is 16.1. The van der Waals surface area contributed by atoms with E-state index in [1.807, 2.05) is 0 Å². The highest BCUT2D eigenvalue weighted by Gasteiger charge is 2.81. The molecule has 0 radical (unpaired) electrons. The molecule has 0 aliphatic carbocycles. The van der Waals surface area contributed by atoms with Crippen molar-refractivity contribution in [2.45, 2.75) is 50.3 Å². The first-order valence-corrected chi connectivity index (χ1v) is 5.55. The number of Topliss-reactive ketones (excluding diaryl/α,β-unsaturated/α-hetero) is 3. The Labute approximate surface area is 112 Å². The Morgan fingerprint density at radius 1 is 1.10 bits per heavy atom. The number of hydrogen-bond donors (Lipinski definition) is 3. The van der Waals surface area contributed by atoms with E-state index in [0.29, 0.717) is 13.8 Å². The van der Waals surface area contributed by atoms with Gasteiger partial charge < -0.3 is 20.1 Å². The van der Waals surface area contributed by atoms with Crippen LogP contribution in [0.5, 0.6) is 0 Å². The lowest BCUT2D eigenvalue weighted by Gasteiger charge is -2.32. The van der Waals surface area contributed by atoms with Gasteiger partial charge in [0, 0.05) is 6.92 Å². The number of ether oxygens (including phenoxy) is 1. The quantitative estimate of drug-likeness (QED) is 0.581. The molecule has 7 nitrogen and oxygen atoms in total. The van der Waals surface area contributed by atoms with Crippen molar-refractivity contribution in [1.29, 1.82) is 0 Å². The summed E-state index contributed by atoms with van der Waals surface area (Å²) in [4.78, 5) is 33.6. The number of ketones is 3. The third-order valence-electron chi connectivity index (χ3n) is 3.33. The molecule has 9 heteroatoms. The Hall–Kier alpha value is -1.29. The van der Waals surface area contributed by atoms with Crippen LogP contribution < -0.4 is 0 Å². The first-order valence-electron chi connectivity index (χ1n) is 5.55. The fourth-order valence-electron chi connectivity index (χ4n) is 2.01. The summed E-state index contributed by atoms with van der Waals surface area (Å²) in [7, 11) is 0. The second kappa shape index (κ2) is 4.62. The second-order valence-corrected chi connectivity index (χ2v) is 4.69. The van der Waals surface area contributed by atoms with Gasteiger partial charge in [0.25, 0.3) is 5.79 Å². The summed E-state index contributed by atoms with van der Waals surface area (Å²) in [6.45, 7) is 1.91. The minimum Gasteiger partial charge on any atom is -0.382 e. The fourth-order valence-corrected chi connectivity index (χ4v) is 2.01. The van der Waals surface area contributed by atoms with Gasteiger partial charge in [-0.3, -0.25) is 14.4 Å². The van der Waals surface area contributed by atoms with Crippen molar-refractivity contribution in [1.82, 2.24) is 0 Å². The molecule has 4 atom stereocenters. The minimum atomic E-state index is -4.74. The first kappa shape index (κ1) is 16.8. The number of rotatable bonds is 4. The van der Waals surface area contributed by atoms with Gasteiger partial charge in [-0.15, -0.1) is 0 Å². The van der Waals surface area contributed by atoms with Crippen LogP contribution in [0, 0.1) is 0 Å². The maximum absolute atomic E-state index is 14.1. The average Bonchev–Trinajstić information content (AvgIpc) is 2.48. The molecule has 1 aliphatic heterocycles. The van der Waals surface area contributed by atoms with Gasteiger partial charge in [0.05, 0.1) is 0 Å². The zero-order valence-electron chi connectivity index (χ0n) is 10.9. The standard InChI is InChI=1S/C11H14F2O7/c1-4(14)7(17)8-9(18,5(2)15)11(12,13)10(19,20-8)6(3)16/h7-8,17-19H,1-3H3/t7?,8-,9-,10?/m1/s1. The Bertz CT molecular complexity index is 477. The first-order chi connectivity index (χ1) is 8.84. The highest BCUT2D eigenvalue weighted by atomic mass is 19.3. The normalized spacial score (nSPS) is 37.5. The molecule has 1 heterocycles. The van der Waals surface area contributed by atoms with Gasteiger partial charge in [-0.1, -0.05) is 0 Å². The van der Waals surface area contributed by atoms with Gasteiger partial charge in [-0.2, -0.15) is 8.78 Å². The molecule has 0 aromatic rings. The van der Waals surface area contributed by atoms with E-state index >= 15 is 0 Å². The molecular formula is C11H14F2O7. The number of hydrogen-bond acceptors (Lipinski definition) is 7. The summed E-state index contributed by atoms with van der Waals surface area (Å²) in [6, 6.07) is 0. The van der Waals surface area contributed by atoms with Crippen LogP contribution in [0.15, 0.2) is 0 Å². The van der Waals surface area contributed by atoms with Gasteiger partial charge in [-0.25, -0.2) is 0 Å². The number of alkyl halides is 2. The van der Waals surface area contributed by atoms with E-state index in [0.717, 1.165) is 6.92 Å². The van der Waals surface area contributed by atoms with E-state index in [-0.39, 0.29) is 0 Å². The maximum Gasteiger partial charge on any atom is 0.345 e. The third-order valence-corrected chi connectivity index (χ3v) is 3.33. The van der Waals surface area contributed by atoms with Gasteiger partial charge in [0.1, 0.15) is 12.2 Å². The number of carbonyl (C=O) groups excluding carboxylic acids is 3. The number of carbonyl (C=O) groups is 3. The van der Waals surface area contributed by atoms with Crippen molar-refractivity contribution in [3.05, 3.63) is 0 Å². The van der Waals surface area contributed by atoms with E-state index in [1.165, 1.54) is 0 Å². The molecule has 0 amide bonds. The molecule has 0 aromatic carbocycles. The SMILES string of the molecule is CC(=O)C(O)[C@H]1OC(O)(C(C)=O)C(F)(F)[C@@]1(O)C(C)=O. The minimum absolute atomic E-state index is 0.553. The van der Waals surface area contributed by atoms with Crippen molar-refractivity contribution >= 4 is 17.3 Å². The molecule has 0 bridgehead atoms. The fraction of sp³-hybridized carbons (Fsp3) is 0.727. The Balaban J connectivity index is 3.53. The average molecular weight is 296 g/mol. The lowest BCUT2D eigenvalue weighted by molar-refractivity contribution is -0.274. The van der Waals surface area contributed by atoms with Gasteiger partial charge in [0.2, 0.25) is 5.60 Å². The molecule has 2 unspecified atom stereocenters. The Kier molecular flexibility index (Phi) is 3.87. The molecule has 1 aliphatic rings. The number of aliphatic hydroxyl groups is 3. The smallest absolute Gasteiger partial charge is 0.345 e. The van der Waals surface area contributed by atoms with Crippen molar-refractivity contribution in [2.24, 2.45) is 0 Å². The van der Waals surface area contributed by atoms with Gasteiger partial charge >= 0.3 is 5.92 Å². The topological polar surface area (TPSA) is 121 Å². The van der Waals surface area contributed by atoms with Crippen LogP contribution in [-0.2, 0) is 19.1 Å². The van der Waals surface area contributed by atoms with Crippen LogP contribution in [0.4, 0.5) is 8.78 Å². The van der Waals surface area contributed by atoms with Crippen molar-refractivity contribution in [3.8, 4) is 0 Å². The summed E-state index contributed by atoms with van der Waals surface area (Å²) in [5.41, 5.74) is -3.71. The highest BCUT2D eigenvalue weighted by molar-refractivity contribution is 5.94. The van der Waals surface area contributed by atoms with Crippen LogP contribution in [0.25, 0.3) is 0 Å². The van der Waals surface area contributed by atoms with Crippen molar-refractivity contribution < 1.29 is 43.2 Å². The van der Waals surface area contributed by atoms with Crippen LogP contribution in [-0.4, -0.2) is 62.2 Å². The summed E-state index contributed by atoms with van der Waals surface area (Å²) < 4.78 is 32.6. The molecule has 114 valence electrons. The Morgan fingerprint density at radius 3 is 1.85 bits per heavy atom. The molecule has 20 heavy (non-hydrogen) atoms. The zero-order valence-corrected chi connectivity index (χ0v) is 10.9. The molecule has 0 saturated carbocycles. The Morgan fingerprint density at radius 2 is 1.55 bits per heavy atom. The third kappa shape index (κ3) is 1.81. The van der Waals surface area contributed by atoms with Crippen LogP contribution in [0.1, 0.15) is 20.8 Å². The highest BCUT2D eigenvalue weighted by Crippen LogP contribution is 2.51. The van der Waals surface area contributed by atoms with Crippen LogP contribution >= 0.6 is 0 Å². The monoisotopic (exact) mass is 296 g/mol. The van der Waals surface area contributed by atoms with Gasteiger partial charge in [-0.05, 0) is 13.8 Å². The maximum atomic E-state index is 14.1. The molecule has 1 fully saturated rings. The van der Waals surface area contributed by atoms with Crippen molar-refractivity contribution in [3.63, 3.8) is 0 Å². The number of halogens is 2. The number of aliphatic hydroxyl groups excluding tert-OH is 1. The van der Waals surface area contributed by atoms with E-state index in [2.05, 4.69) is 4.74 Å². The summed E-state index contributed by atoms with van der Waals surface area (Å²) in [5.74, 6) is -12.8. The lowest BCUT2D eigenvalue weighted by atomic mass is 9.81.